The summed E-state index contributed by atoms with van der Waals surface area (Å²) in [5.41, 5.74) is 2.79. The topological polar surface area (TPSA) is 84.5 Å². The van der Waals surface area contributed by atoms with E-state index in [0.717, 1.165) is 11.1 Å². The Bertz CT molecular complexity index is 1150. The van der Waals surface area contributed by atoms with Crippen LogP contribution in [0.3, 0.4) is 0 Å². The normalized spacial score (nSPS) is 11.3. The Morgan fingerprint density at radius 1 is 0.900 bits per heavy atom. The molecule has 0 aliphatic carbocycles. The summed E-state index contributed by atoms with van der Waals surface area (Å²) in [7, 11) is -2.15. The summed E-state index contributed by atoms with van der Waals surface area (Å²) in [6.07, 6.45) is 3.04. The summed E-state index contributed by atoms with van der Waals surface area (Å²) in [6, 6.07) is 20.4. The Morgan fingerprint density at radius 3 is 2.20 bits per heavy atom. The van der Waals surface area contributed by atoms with Crippen LogP contribution in [0, 0.1) is 6.92 Å². The molecular formula is C23H22N2O4S. The molecule has 154 valence electrons. The highest BCUT2D eigenvalue weighted by molar-refractivity contribution is 7.92. The smallest absolute Gasteiger partial charge is 0.261 e. The lowest BCUT2D eigenvalue weighted by Gasteiger charge is -2.09. The summed E-state index contributed by atoms with van der Waals surface area (Å²) in [6.45, 7) is 1.93. The molecule has 1 amide bonds. The minimum absolute atomic E-state index is 0.102. The number of para-hydroxylation sites is 1. The van der Waals surface area contributed by atoms with Gasteiger partial charge < -0.3 is 10.1 Å². The van der Waals surface area contributed by atoms with Gasteiger partial charge in [0, 0.05) is 23.0 Å². The first-order valence-corrected chi connectivity index (χ1v) is 10.7. The van der Waals surface area contributed by atoms with Crippen LogP contribution in [-0.2, 0) is 14.8 Å². The van der Waals surface area contributed by atoms with Crippen LogP contribution in [0.5, 0.6) is 5.75 Å². The predicted octanol–water partition coefficient (Wildman–Crippen LogP) is 4.46. The lowest BCUT2D eigenvalue weighted by Crippen LogP contribution is -2.13. The SMILES string of the molecule is COc1ccccc1/C=C/C(=O)Nc1ccc(S(=O)(=O)Nc2ccc(C)cc2)cc1. The van der Waals surface area contributed by atoms with Crippen LogP contribution in [0.25, 0.3) is 6.08 Å². The van der Waals surface area contributed by atoms with Crippen molar-refractivity contribution in [1.29, 1.82) is 0 Å². The number of benzene rings is 3. The van der Waals surface area contributed by atoms with E-state index >= 15 is 0 Å². The zero-order chi connectivity index (χ0) is 21.6. The number of aryl methyl sites for hydroxylation is 1. The maximum atomic E-state index is 12.5. The van der Waals surface area contributed by atoms with Crippen molar-refractivity contribution in [2.24, 2.45) is 0 Å². The summed E-state index contributed by atoms with van der Waals surface area (Å²) in [5.74, 6) is 0.325. The molecule has 0 heterocycles. The van der Waals surface area contributed by atoms with E-state index < -0.39 is 10.0 Å². The van der Waals surface area contributed by atoms with Gasteiger partial charge in [0.2, 0.25) is 5.91 Å². The zero-order valence-corrected chi connectivity index (χ0v) is 17.4. The Balaban J connectivity index is 1.65. The van der Waals surface area contributed by atoms with Crippen LogP contribution in [0.1, 0.15) is 11.1 Å². The molecule has 0 atom stereocenters. The number of ether oxygens (including phenoxy) is 1. The van der Waals surface area contributed by atoms with Crippen LogP contribution in [-0.4, -0.2) is 21.4 Å². The van der Waals surface area contributed by atoms with Gasteiger partial charge in [0.25, 0.3) is 10.0 Å². The number of carbonyl (C=O) groups is 1. The van der Waals surface area contributed by atoms with Crippen molar-refractivity contribution in [3.8, 4) is 5.75 Å². The fourth-order valence-corrected chi connectivity index (χ4v) is 3.77. The number of methoxy groups -OCH3 is 1. The van der Waals surface area contributed by atoms with E-state index in [0.29, 0.717) is 17.1 Å². The van der Waals surface area contributed by atoms with E-state index in [9.17, 15) is 13.2 Å². The van der Waals surface area contributed by atoms with Crippen molar-refractivity contribution in [2.75, 3.05) is 17.1 Å². The summed E-state index contributed by atoms with van der Waals surface area (Å²) in [5, 5.41) is 2.70. The van der Waals surface area contributed by atoms with Crippen LogP contribution in [0.15, 0.2) is 83.8 Å². The van der Waals surface area contributed by atoms with Crippen LogP contribution in [0.4, 0.5) is 11.4 Å². The van der Waals surface area contributed by atoms with Crippen LogP contribution >= 0.6 is 0 Å². The quantitative estimate of drug-likeness (QED) is 0.551. The van der Waals surface area contributed by atoms with Crippen molar-refractivity contribution in [3.05, 3.63) is 90.0 Å². The molecule has 0 saturated heterocycles. The molecule has 3 aromatic rings. The predicted molar refractivity (Wildman–Crippen MR) is 119 cm³/mol. The van der Waals surface area contributed by atoms with Crippen LogP contribution in [0.2, 0.25) is 0 Å². The maximum Gasteiger partial charge on any atom is 0.261 e. The molecule has 0 bridgehead atoms. The number of nitrogens with one attached hydrogen (secondary N) is 2. The third kappa shape index (κ3) is 5.48. The largest absolute Gasteiger partial charge is 0.496 e. The summed E-state index contributed by atoms with van der Waals surface area (Å²) < 4.78 is 32.8. The first-order valence-electron chi connectivity index (χ1n) is 9.19. The number of anilines is 2. The standard InChI is InChI=1S/C23H22N2O4S/c1-17-7-10-20(11-8-17)25-30(27,28)21-14-12-19(13-15-21)24-23(26)16-9-18-5-3-4-6-22(18)29-2/h3-16,25H,1-2H3,(H,24,26)/b16-9+. The highest BCUT2D eigenvalue weighted by Crippen LogP contribution is 2.20. The van der Waals surface area contributed by atoms with E-state index in [1.54, 1.807) is 43.5 Å². The lowest BCUT2D eigenvalue weighted by atomic mass is 10.2. The molecule has 0 unspecified atom stereocenters. The molecule has 0 aromatic heterocycles. The molecule has 30 heavy (non-hydrogen) atoms. The first-order chi connectivity index (χ1) is 14.4. The monoisotopic (exact) mass is 422 g/mol. The molecule has 0 aliphatic rings. The number of carbonyl (C=O) groups excluding carboxylic acids is 1. The van der Waals surface area contributed by atoms with Gasteiger partial charge in [-0.3, -0.25) is 9.52 Å². The molecule has 3 aromatic carbocycles. The summed E-state index contributed by atoms with van der Waals surface area (Å²) in [4.78, 5) is 12.3. The average Bonchev–Trinajstić information content (AvgIpc) is 2.74. The van der Waals surface area contributed by atoms with Crippen molar-refractivity contribution in [2.45, 2.75) is 11.8 Å². The van der Waals surface area contributed by atoms with E-state index in [4.69, 9.17) is 4.74 Å². The number of hydrogen-bond donors (Lipinski definition) is 2. The molecule has 0 spiro atoms. The molecule has 3 rings (SSSR count). The molecule has 0 saturated carbocycles. The highest BCUT2D eigenvalue weighted by atomic mass is 32.2. The maximum absolute atomic E-state index is 12.5. The van der Waals surface area contributed by atoms with Gasteiger partial charge >= 0.3 is 0 Å². The Labute approximate surface area is 176 Å². The summed E-state index contributed by atoms with van der Waals surface area (Å²) >= 11 is 0. The molecule has 0 aliphatic heterocycles. The van der Waals surface area contributed by atoms with Gasteiger partial charge in [0.15, 0.2) is 0 Å². The highest BCUT2D eigenvalue weighted by Gasteiger charge is 2.14. The number of amides is 1. The second kappa shape index (κ2) is 9.28. The Morgan fingerprint density at radius 2 is 1.53 bits per heavy atom. The van der Waals surface area contributed by atoms with Gasteiger partial charge in [-0.05, 0) is 55.5 Å². The van der Waals surface area contributed by atoms with Crippen molar-refractivity contribution in [1.82, 2.24) is 0 Å². The fraction of sp³-hybridized carbons (Fsp3) is 0.0870. The van der Waals surface area contributed by atoms with Gasteiger partial charge in [-0.25, -0.2) is 8.42 Å². The molecule has 2 N–H and O–H groups in total. The molecule has 7 heteroatoms. The lowest BCUT2D eigenvalue weighted by molar-refractivity contribution is -0.111. The molecule has 0 radical (unpaired) electrons. The Hall–Kier alpha value is -3.58. The number of hydrogen-bond acceptors (Lipinski definition) is 4. The van der Waals surface area contributed by atoms with Gasteiger partial charge in [-0.2, -0.15) is 0 Å². The van der Waals surface area contributed by atoms with Crippen molar-refractivity contribution >= 4 is 33.4 Å². The second-order valence-electron chi connectivity index (χ2n) is 6.56. The van der Waals surface area contributed by atoms with E-state index in [1.807, 2.05) is 37.3 Å². The first kappa shape index (κ1) is 21.1. The fourth-order valence-electron chi connectivity index (χ4n) is 2.71. The average molecular weight is 423 g/mol. The second-order valence-corrected chi connectivity index (χ2v) is 8.24. The minimum Gasteiger partial charge on any atom is -0.496 e. The third-order valence-electron chi connectivity index (χ3n) is 4.29. The Kier molecular flexibility index (Phi) is 6.54. The third-order valence-corrected chi connectivity index (χ3v) is 5.69. The molecule has 0 fully saturated rings. The number of sulfonamides is 1. The van der Waals surface area contributed by atoms with Crippen molar-refractivity contribution in [3.63, 3.8) is 0 Å². The van der Waals surface area contributed by atoms with E-state index in [2.05, 4.69) is 10.0 Å². The van der Waals surface area contributed by atoms with Gasteiger partial charge in [0.1, 0.15) is 5.75 Å². The minimum atomic E-state index is -3.72. The molecular weight excluding hydrogens is 400 g/mol. The van der Waals surface area contributed by atoms with E-state index in [1.165, 1.54) is 18.2 Å². The van der Waals surface area contributed by atoms with Gasteiger partial charge in [0.05, 0.1) is 12.0 Å². The van der Waals surface area contributed by atoms with Gasteiger partial charge in [-0.1, -0.05) is 35.9 Å². The molecule has 6 nitrogen and oxygen atoms in total. The van der Waals surface area contributed by atoms with Gasteiger partial charge in [-0.15, -0.1) is 0 Å². The van der Waals surface area contributed by atoms with Crippen molar-refractivity contribution < 1.29 is 17.9 Å². The van der Waals surface area contributed by atoms with Crippen LogP contribution < -0.4 is 14.8 Å². The zero-order valence-electron chi connectivity index (χ0n) is 16.6. The number of rotatable bonds is 7. The van der Waals surface area contributed by atoms with E-state index in [-0.39, 0.29) is 10.8 Å².